The van der Waals surface area contributed by atoms with Crippen molar-refractivity contribution in [2.45, 2.75) is 64.8 Å². The summed E-state index contributed by atoms with van der Waals surface area (Å²) in [7, 11) is 2.88. The minimum Gasteiger partial charge on any atom is -0.478 e. The molecule has 2 rings (SSSR count). The molecule has 12 heteroatoms. The van der Waals surface area contributed by atoms with Crippen molar-refractivity contribution in [2.75, 3.05) is 11.5 Å². The number of hydrogen-bond donors (Lipinski definition) is 4. The lowest BCUT2D eigenvalue weighted by atomic mass is 10.1. The molecule has 4 N–H and O–H groups in total. The summed E-state index contributed by atoms with van der Waals surface area (Å²) in [6, 6.07) is 11.5. The molecule has 0 bridgehead atoms. The van der Waals surface area contributed by atoms with Crippen molar-refractivity contribution >= 4 is 45.7 Å². The monoisotopic (exact) mass is 592 g/mol. The molecule has 0 saturated heterocycles. The number of carbonyl (C=O) groups is 4. The molecule has 2 aromatic carbocycles. The SMILES string of the molecule is CC(C)(C)OC(=O)NC(CSSCC(NC(=O)OC(C)(C)C)c1ccc(C(=O)O)cc1)c1ccc(C(=O)O)cc1. The zero-order valence-corrected chi connectivity index (χ0v) is 25.0. The highest BCUT2D eigenvalue weighted by molar-refractivity contribution is 8.76. The number of amides is 2. The Labute approximate surface area is 242 Å². The standard InChI is InChI=1S/C28H36N2O8S2/c1-27(2,3)37-25(35)29-21(17-7-11-19(12-8-17)23(31)32)15-39-40-16-22(30-26(36)38-28(4,5)6)18-9-13-20(14-10-18)24(33)34/h7-14,21-22H,15-16H2,1-6H3,(H,29,35)(H,30,36)(H,31,32)(H,33,34). The fourth-order valence-corrected chi connectivity index (χ4v) is 5.70. The van der Waals surface area contributed by atoms with Crippen molar-refractivity contribution in [1.82, 2.24) is 10.6 Å². The smallest absolute Gasteiger partial charge is 0.408 e. The zero-order valence-electron chi connectivity index (χ0n) is 23.3. The summed E-state index contributed by atoms with van der Waals surface area (Å²) in [4.78, 5) is 47.5. The number of carboxylic acids is 2. The molecule has 0 saturated carbocycles. The molecule has 218 valence electrons. The second kappa shape index (κ2) is 14.3. The number of aromatic carboxylic acids is 2. The molecule has 0 fully saturated rings. The van der Waals surface area contributed by atoms with Crippen LogP contribution in [0.5, 0.6) is 0 Å². The third-order valence-corrected chi connectivity index (χ3v) is 7.48. The molecular weight excluding hydrogens is 556 g/mol. The van der Waals surface area contributed by atoms with E-state index in [1.165, 1.54) is 45.9 Å². The molecule has 10 nitrogen and oxygen atoms in total. The van der Waals surface area contributed by atoms with Crippen molar-refractivity contribution in [3.8, 4) is 0 Å². The van der Waals surface area contributed by atoms with E-state index in [1.807, 2.05) is 0 Å². The molecule has 2 amide bonds. The van der Waals surface area contributed by atoms with Crippen LogP contribution in [0.15, 0.2) is 48.5 Å². The van der Waals surface area contributed by atoms with Crippen LogP contribution in [0, 0.1) is 0 Å². The van der Waals surface area contributed by atoms with E-state index >= 15 is 0 Å². The molecule has 0 radical (unpaired) electrons. The molecular formula is C28H36N2O8S2. The quantitative estimate of drug-likeness (QED) is 0.173. The molecule has 0 aliphatic rings. The fourth-order valence-electron chi connectivity index (χ4n) is 3.29. The first-order chi connectivity index (χ1) is 18.5. The van der Waals surface area contributed by atoms with Gasteiger partial charge in [0.15, 0.2) is 0 Å². The van der Waals surface area contributed by atoms with Gasteiger partial charge in [-0.25, -0.2) is 19.2 Å². The van der Waals surface area contributed by atoms with Gasteiger partial charge in [-0.3, -0.25) is 0 Å². The number of rotatable bonds is 11. The summed E-state index contributed by atoms with van der Waals surface area (Å²) < 4.78 is 10.8. The Kier molecular flexibility index (Phi) is 11.7. The molecule has 2 aromatic rings. The minimum atomic E-state index is -1.05. The Morgan fingerprint density at radius 2 is 0.950 bits per heavy atom. The summed E-state index contributed by atoms with van der Waals surface area (Å²) in [5.41, 5.74) is 0.285. The van der Waals surface area contributed by atoms with Crippen molar-refractivity contribution in [3.63, 3.8) is 0 Å². The maximum Gasteiger partial charge on any atom is 0.408 e. The van der Waals surface area contributed by atoms with Crippen molar-refractivity contribution in [2.24, 2.45) is 0 Å². The van der Waals surface area contributed by atoms with Crippen LogP contribution in [0.25, 0.3) is 0 Å². The second-order valence-electron chi connectivity index (χ2n) is 10.8. The van der Waals surface area contributed by atoms with E-state index in [-0.39, 0.29) is 11.1 Å². The molecule has 0 aromatic heterocycles. The summed E-state index contributed by atoms with van der Waals surface area (Å²) >= 11 is 0. The van der Waals surface area contributed by atoms with Gasteiger partial charge >= 0.3 is 24.1 Å². The van der Waals surface area contributed by atoms with E-state index in [0.717, 1.165) is 0 Å². The topological polar surface area (TPSA) is 151 Å². The Hall–Kier alpha value is -3.38. The van der Waals surface area contributed by atoms with Crippen molar-refractivity contribution in [1.29, 1.82) is 0 Å². The average molecular weight is 593 g/mol. The summed E-state index contributed by atoms with van der Waals surface area (Å²) in [5, 5.41) is 24.1. The van der Waals surface area contributed by atoms with Gasteiger partial charge in [0.2, 0.25) is 0 Å². The van der Waals surface area contributed by atoms with Gasteiger partial charge in [-0.2, -0.15) is 0 Å². The Bertz CT molecular complexity index is 1080. The number of benzene rings is 2. The number of carbonyl (C=O) groups excluding carboxylic acids is 2. The number of carboxylic acid groups (broad SMARTS) is 2. The maximum absolute atomic E-state index is 12.5. The highest BCUT2D eigenvalue weighted by Crippen LogP contribution is 2.32. The molecule has 40 heavy (non-hydrogen) atoms. The number of alkyl carbamates (subject to hydrolysis) is 2. The summed E-state index contributed by atoms with van der Waals surface area (Å²) in [6.07, 6.45) is -1.21. The van der Waals surface area contributed by atoms with Crippen LogP contribution in [-0.4, -0.2) is 57.0 Å². The van der Waals surface area contributed by atoms with Crippen LogP contribution >= 0.6 is 21.6 Å². The van der Waals surface area contributed by atoms with Gasteiger partial charge in [-0.15, -0.1) is 0 Å². The van der Waals surface area contributed by atoms with Gasteiger partial charge in [-0.05, 0) is 76.9 Å². The predicted octanol–water partition coefficient (Wildman–Crippen LogP) is 6.30. The molecule has 0 aliphatic heterocycles. The number of hydrogen-bond acceptors (Lipinski definition) is 8. The molecule has 0 heterocycles. The Morgan fingerprint density at radius 1 is 0.650 bits per heavy atom. The van der Waals surface area contributed by atoms with Crippen LogP contribution in [0.2, 0.25) is 0 Å². The first-order valence-electron chi connectivity index (χ1n) is 12.4. The van der Waals surface area contributed by atoms with E-state index in [4.69, 9.17) is 9.47 Å². The van der Waals surface area contributed by atoms with Gasteiger partial charge in [-0.1, -0.05) is 45.9 Å². The first-order valence-corrected chi connectivity index (χ1v) is 14.9. The predicted molar refractivity (Wildman–Crippen MR) is 156 cm³/mol. The van der Waals surface area contributed by atoms with E-state index in [1.54, 1.807) is 65.8 Å². The molecule has 0 spiro atoms. The van der Waals surface area contributed by atoms with Gasteiger partial charge in [0.25, 0.3) is 0 Å². The minimum absolute atomic E-state index is 0.131. The van der Waals surface area contributed by atoms with Crippen LogP contribution in [-0.2, 0) is 9.47 Å². The highest BCUT2D eigenvalue weighted by atomic mass is 33.1. The van der Waals surface area contributed by atoms with E-state index < -0.39 is 47.4 Å². The maximum atomic E-state index is 12.5. The normalized spacial score (nSPS) is 13.1. The lowest BCUT2D eigenvalue weighted by Crippen LogP contribution is -2.36. The average Bonchev–Trinajstić information content (AvgIpc) is 2.83. The van der Waals surface area contributed by atoms with E-state index in [9.17, 15) is 29.4 Å². The summed E-state index contributed by atoms with van der Waals surface area (Å²) in [5.74, 6) is -1.28. The van der Waals surface area contributed by atoms with Gasteiger partial charge in [0.1, 0.15) is 11.2 Å². The molecule has 2 unspecified atom stereocenters. The lowest BCUT2D eigenvalue weighted by Gasteiger charge is -2.25. The van der Waals surface area contributed by atoms with Crippen LogP contribution in [0.3, 0.4) is 0 Å². The van der Waals surface area contributed by atoms with Gasteiger partial charge < -0.3 is 30.3 Å². The summed E-state index contributed by atoms with van der Waals surface area (Å²) in [6.45, 7) is 10.6. The Morgan fingerprint density at radius 3 is 1.20 bits per heavy atom. The zero-order chi connectivity index (χ0) is 30.1. The highest BCUT2D eigenvalue weighted by Gasteiger charge is 2.23. The number of nitrogens with one attached hydrogen (secondary N) is 2. The van der Waals surface area contributed by atoms with E-state index in [2.05, 4.69) is 10.6 Å². The third-order valence-electron chi connectivity index (χ3n) is 5.05. The molecule has 2 atom stereocenters. The van der Waals surface area contributed by atoms with E-state index in [0.29, 0.717) is 22.6 Å². The van der Waals surface area contributed by atoms with Crippen LogP contribution in [0.4, 0.5) is 9.59 Å². The fraction of sp³-hybridized carbons (Fsp3) is 0.429. The largest absolute Gasteiger partial charge is 0.478 e. The van der Waals surface area contributed by atoms with Crippen molar-refractivity contribution < 1.29 is 38.9 Å². The first kappa shape index (κ1) is 32.8. The lowest BCUT2D eigenvalue weighted by molar-refractivity contribution is 0.0497. The van der Waals surface area contributed by atoms with Crippen LogP contribution < -0.4 is 10.6 Å². The van der Waals surface area contributed by atoms with Crippen LogP contribution in [0.1, 0.15) is 85.5 Å². The third kappa shape index (κ3) is 11.8. The molecule has 0 aliphatic carbocycles. The Balaban J connectivity index is 2.14. The number of ether oxygens (including phenoxy) is 2. The van der Waals surface area contributed by atoms with Gasteiger partial charge in [0.05, 0.1) is 23.2 Å². The second-order valence-corrected chi connectivity index (χ2v) is 13.4. The van der Waals surface area contributed by atoms with Gasteiger partial charge in [0, 0.05) is 11.5 Å². The van der Waals surface area contributed by atoms with Crippen molar-refractivity contribution in [3.05, 3.63) is 70.8 Å².